The molecule has 2 bridgehead atoms. The molecule has 104 valence electrons. The van der Waals surface area contributed by atoms with Crippen LogP contribution in [-0.2, 0) is 0 Å². The topological polar surface area (TPSA) is 50.2 Å². The van der Waals surface area contributed by atoms with Crippen LogP contribution in [0.5, 0.6) is 0 Å². The molecule has 2 aliphatic heterocycles. The van der Waals surface area contributed by atoms with Gasteiger partial charge in [-0.25, -0.2) is 4.79 Å². The number of amides is 2. The minimum atomic E-state index is 0.112. The van der Waals surface area contributed by atoms with Crippen molar-refractivity contribution in [3.8, 4) is 0 Å². The number of carbonyl (C=O) groups excluding carboxylic acids is 1. The Morgan fingerprint density at radius 2 is 1.95 bits per heavy atom. The van der Waals surface area contributed by atoms with E-state index in [1.165, 1.54) is 0 Å². The van der Waals surface area contributed by atoms with Gasteiger partial charge in [-0.1, -0.05) is 0 Å². The Morgan fingerprint density at radius 3 is 2.47 bits per heavy atom. The van der Waals surface area contributed by atoms with E-state index in [1.807, 2.05) is 32.3 Å². The normalized spacial score (nSPS) is 29.8. The molecular weight excluding hydrogens is 240 g/mol. The van der Waals surface area contributed by atoms with Gasteiger partial charge in [0, 0.05) is 30.5 Å². The van der Waals surface area contributed by atoms with Gasteiger partial charge < -0.3 is 10.2 Å². The molecule has 2 unspecified atom stereocenters. The smallest absolute Gasteiger partial charge is 0.318 e. The molecule has 2 atom stereocenters. The van der Waals surface area contributed by atoms with Crippen LogP contribution < -0.4 is 5.32 Å². The maximum Gasteiger partial charge on any atom is 0.318 e. The van der Waals surface area contributed by atoms with Gasteiger partial charge >= 0.3 is 6.03 Å². The van der Waals surface area contributed by atoms with Crippen LogP contribution in [0, 0.1) is 0 Å². The van der Waals surface area contributed by atoms with Crippen LogP contribution in [0.3, 0.4) is 0 Å². The first-order valence-corrected chi connectivity index (χ1v) is 7.23. The standard InChI is InChI=1S/C14H22N4O/c1-10(2)16-14(19)18-11-4-5-12(18)9-13(8-11)17-7-3-6-15-17/h3,6-7,10-13H,4-5,8-9H2,1-2H3,(H,16,19). The summed E-state index contributed by atoms with van der Waals surface area (Å²) in [7, 11) is 0. The average Bonchev–Trinajstić information content (AvgIpc) is 2.95. The molecule has 2 fully saturated rings. The second-order valence-electron chi connectivity index (χ2n) is 6.01. The molecule has 0 saturated carbocycles. The van der Waals surface area contributed by atoms with Crippen molar-refractivity contribution < 1.29 is 4.79 Å². The number of fused-ring (bicyclic) bond motifs is 2. The lowest BCUT2D eigenvalue weighted by atomic mass is 9.98. The highest BCUT2D eigenvalue weighted by Crippen LogP contribution is 2.40. The minimum Gasteiger partial charge on any atom is -0.336 e. The summed E-state index contributed by atoms with van der Waals surface area (Å²) in [6.07, 6.45) is 8.20. The monoisotopic (exact) mass is 262 g/mol. The summed E-state index contributed by atoms with van der Waals surface area (Å²) in [6.45, 7) is 4.02. The van der Waals surface area contributed by atoms with Crippen molar-refractivity contribution >= 4 is 6.03 Å². The van der Waals surface area contributed by atoms with Crippen molar-refractivity contribution in [1.29, 1.82) is 0 Å². The predicted octanol–water partition coefficient (Wildman–Crippen LogP) is 2.17. The van der Waals surface area contributed by atoms with Gasteiger partial charge in [-0.15, -0.1) is 0 Å². The molecule has 2 saturated heterocycles. The molecule has 0 spiro atoms. The van der Waals surface area contributed by atoms with Crippen molar-refractivity contribution in [3.63, 3.8) is 0 Å². The van der Waals surface area contributed by atoms with Crippen molar-refractivity contribution in [2.45, 2.75) is 63.7 Å². The van der Waals surface area contributed by atoms with Gasteiger partial charge in [0.15, 0.2) is 0 Å². The number of aromatic nitrogens is 2. The Hall–Kier alpha value is -1.52. The highest BCUT2D eigenvalue weighted by Gasteiger charge is 2.43. The molecule has 5 nitrogen and oxygen atoms in total. The summed E-state index contributed by atoms with van der Waals surface area (Å²) in [4.78, 5) is 14.3. The lowest BCUT2D eigenvalue weighted by Gasteiger charge is -2.39. The summed E-state index contributed by atoms with van der Waals surface area (Å²) in [5, 5.41) is 7.38. The molecule has 3 heterocycles. The Balaban J connectivity index is 1.71. The van der Waals surface area contributed by atoms with Crippen LogP contribution >= 0.6 is 0 Å². The van der Waals surface area contributed by atoms with Crippen molar-refractivity contribution in [2.24, 2.45) is 0 Å². The fourth-order valence-electron chi connectivity index (χ4n) is 3.51. The Labute approximate surface area is 114 Å². The molecule has 1 N–H and O–H groups in total. The Kier molecular flexibility index (Phi) is 3.21. The molecule has 5 heteroatoms. The summed E-state index contributed by atoms with van der Waals surface area (Å²) in [5.74, 6) is 0. The number of hydrogen-bond donors (Lipinski definition) is 1. The first kappa shape index (κ1) is 12.5. The van der Waals surface area contributed by atoms with Crippen LogP contribution in [0.15, 0.2) is 18.5 Å². The summed E-state index contributed by atoms with van der Waals surface area (Å²) >= 11 is 0. The SMILES string of the molecule is CC(C)NC(=O)N1C2CCC1CC(n1cccn1)C2. The molecule has 0 aliphatic carbocycles. The number of urea groups is 1. The molecule has 2 aliphatic rings. The Bertz CT molecular complexity index is 428. The number of hydrogen-bond acceptors (Lipinski definition) is 2. The third-order valence-corrected chi connectivity index (χ3v) is 4.25. The number of nitrogens with zero attached hydrogens (tertiary/aromatic N) is 3. The van der Waals surface area contributed by atoms with Crippen molar-refractivity contribution in [2.75, 3.05) is 0 Å². The number of rotatable bonds is 2. The van der Waals surface area contributed by atoms with E-state index in [4.69, 9.17) is 0 Å². The van der Waals surface area contributed by atoms with Crippen LogP contribution in [0.2, 0.25) is 0 Å². The first-order valence-electron chi connectivity index (χ1n) is 7.23. The maximum absolute atomic E-state index is 12.3. The molecule has 3 rings (SSSR count). The van der Waals surface area contributed by atoms with Crippen molar-refractivity contribution in [1.82, 2.24) is 20.0 Å². The second-order valence-corrected chi connectivity index (χ2v) is 6.01. The largest absolute Gasteiger partial charge is 0.336 e. The van der Waals surface area contributed by atoms with Gasteiger partial charge in [0.1, 0.15) is 0 Å². The average molecular weight is 262 g/mol. The zero-order valence-corrected chi connectivity index (χ0v) is 11.6. The molecule has 2 amide bonds. The van der Waals surface area contributed by atoms with Crippen LogP contribution in [0.25, 0.3) is 0 Å². The van der Waals surface area contributed by atoms with E-state index in [2.05, 4.69) is 20.0 Å². The third-order valence-electron chi connectivity index (χ3n) is 4.25. The fourth-order valence-corrected chi connectivity index (χ4v) is 3.51. The number of carbonyl (C=O) groups is 1. The summed E-state index contributed by atoms with van der Waals surface area (Å²) in [5.41, 5.74) is 0. The minimum absolute atomic E-state index is 0.112. The van der Waals surface area contributed by atoms with Gasteiger partial charge in [0.2, 0.25) is 0 Å². The van der Waals surface area contributed by atoms with Gasteiger partial charge in [-0.3, -0.25) is 4.68 Å². The first-order chi connectivity index (χ1) is 9.15. The molecule has 19 heavy (non-hydrogen) atoms. The van der Waals surface area contributed by atoms with E-state index in [1.54, 1.807) is 0 Å². The van der Waals surface area contributed by atoms with E-state index < -0.39 is 0 Å². The van der Waals surface area contributed by atoms with Crippen LogP contribution in [-0.4, -0.2) is 38.8 Å². The zero-order valence-electron chi connectivity index (χ0n) is 11.6. The van der Waals surface area contributed by atoms with E-state index in [0.29, 0.717) is 18.1 Å². The summed E-state index contributed by atoms with van der Waals surface area (Å²) in [6, 6.07) is 3.51. The van der Waals surface area contributed by atoms with E-state index in [-0.39, 0.29) is 12.1 Å². The highest BCUT2D eigenvalue weighted by molar-refractivity contribution is 5.75. The molecule has 1 aromatic heterocycles. The molecule has 1 aromatic rings. The van der Waals surface area contributed by atoms with E-state index >= 15 is 0 Å². The quantitative estimate of drug-likeness (QED) is 0.888. The van der Waals surface area contributed by atoms with Gasteiger partial charge in [0.25, 0.3) is 0 Å². The third kappa shape index (κ3) is 2.33. The van der Waals surface area contributed by atoms with Gasteiger partial charge in [0.05, 0.1) is 6.04 Å². The lowest BCUT2D eigenvalue weighted by Crippen LogP contribution is -2.52. The van der Waals surface area contributed by atoms with Crippen LogP contribution in [0.1, 0.15) is 45.6 Å². The van der Waals surface area contributed by atoms with E-state index in [9.17, 15) is 4.79 Å². The zero-order chi connectivity index (χ0) is 13.4. The second kappa shape index (κ2) is 4.87. The fraction of sp³-hybridized carbons (Fsp3) is 0.714. The lowest BCUT2D eigenvalue weighted by molar-refractivity contribution is 0.119. The van der Waals surface area contributed by atoms with Crippen molar-refractivity contribution in [3.05, 3.63) is 18.5 Å². The van der Waals surface area contributed by atoms with Crippen LogP contribution in [0.4, 0.5) is 4.79 Å². The number of piperidine rings is 1. The number of nitrogens with one attached hydrogen (secondary N) is 1. The maximum atomic E-state index is 12.3. The molecular formula is C14H22N4O. The Morgan fingerprint density at radius 1 is 1.26 bits per heavy atom. The predicted molar refractivity (Wildman–Crippen MR) is 72.8 cm³/mol. The van der Waals surface area contributed by atoms with Gasteiger partial charge in [-0.2, -0.15) is 5.10 Å². The van der Waals surface area contributed by atoms with E-state index in [0.717, 1.165) is 25.7 Å². The molecule has 0 radical (unpaired) electrons. The highest BCUT2D eigenvalue weighted by atomic mass is 16.2. The van der Waals surface area contributed by atoms with Gasteiger partial charge in [-0.05, 0) is 45.6 Å². The summed E-state index contributed by atoms with van der Waals surface area (Å²) < 4.78 is 2.06. The molecule has 0 aromatic carbocycles.